The van der Waals surface area contributed by atoms with Crippen LogP contribution in [0.25, 0.3) is 33.1 Å². The molecule has 1 amide bonds. The quantitative estimate of drug-likeness (QED) is 0.314. The number of carbonyl (C=O) groups excluding carboxylic acids is 1. The molecular formula is C32H33N5O2. The maximum Gasteiger partial charge on any atom is 0.223 e. The van der Waals surface area contributed by atoms with Crippen LogP contribution in [0, 0.1) is 12.8 Å². The van der Waals surface area contributed by atoms with E-state index in [0.717, 1.165) is 79.1 Å². The second-order valence-electron chi connectivity index (χ2n) is 11.1. The summed E-state index contributed by atoms with van der Waals surface area (Å²) in [5.74, 6) is 1.30. The number of likely N-dealkylation sites (tertiary alicyclic amines) is 1. The highest BCUT2D eigenvalue weighted by Crippen LogP contribution is 2.32. The molecule has 3 aromatic carbocycles. The zero-order chi connectivity index (χ0) is 26.3. The predicted octanol–water partition coefficient (Wildman–Crippen LogP) is 5.87. The molecule has 2 aliphatic heterocycles. The summed E-state index contributed by atoms with van der Waals surface area (Å²) in [6.07, 6.45) is 3.67. The smallest absolute Gasteiger partial charge is 0.223 e. The van der Waals surface area contributed by atoms with Gasteiger partial charge >= 0.3 is 0 Å². The van der Waals surface area contributed by atoms with Crippen LogP contribution < -0.4 is 0 Å². The molecular weight excluding hydrogens is 486 g/mol. The molecule has 0 radical (unpaired) electrons. The minimum atomic E-state index is 0.257. The lowest BCUT2D eigenvalue weighted by Crippen LogP contribution is -2.40. The van der Waals surface area contributed by atoms with Crippen molar-refractivity contribution < 1.29 is 9.21 Å². The Morgan fingerprint density at radius 2 is 2.00 bits per heavy atom. The molecule has 2 aliphatic rings. The molecule has 7 heteroatoms. The van der Waals surface area contributed by atoms with Gasteiger partial charge in [-0.15, -0.1) is 0 Å². The number of aryl methyl sites for hydroxylation is 1. The predicted molar refractivity (Wildman–Crippen MR) is 152 cm³/mol. The lowest BCUT2D eigenvalue weighted by atomic mass is 9.92. The molecule has 1 fully saturated rings. The van der Waals surface area contributed by atoms with E-state index in [2.05, 4.69) is 62.5 Å². The maximum absolute atomic E-state index is 13.5. The molecule has 0 saturated carbocycles. The number of H-pyrrole nitrogens is 1. The van der Waals surface area contributed by atoms with E-state index in [4.69, 9.17) is 4.42 Å². The van der Waals surface area contributed by atoms with Crippen LogP contribution in [0.15, 0.2) is 65.1 Å². The first-order valence-corrected chi connectivity index (χ1v) is 14.0. The first-order valence-electron chi connectivity index (χ1n) is 14.0. The third-order valence-corrected chi connectivity index (χ3v) is 8.39. The number of piperidine rings is 1. The van der Waals surface area contributed by atoms with Gasteiger partial charge in [-0.1, -0.05) is 42.5 Å². The van der Waals surface area contributed by atoms with E-state index in [-0.39, 0.29) is 5.91 Å². The monoisotopic (exact) mass is 519 g/mol. The number of fused-ring (bicyclic) bond motifs is 3. The van der Waals surface area contributed by atoms with Gasteiger partial charge in [-0.25, -0.2) is 4.98 Å². The fourth-order valence-electron chi connectivity index (χ4n) is 6.45. The molecule has 7 nitrogen and oxygen atoms in total. The van der Waals surface area contributed by atoms with Crippen molar-refractivity contribution in [3.05, 3.63) is 83.4 Å². The Kier molecular flexibility index (Phi) is 6.16. The Morgan fingerprint density at radius 1 is 1.10 bits per heavy atom. The number of nitrogens with zero attached hydrogens (tertiary/aromatic N) is 4. The summed E-state index contributed by atoms with van der Waals surface area (Å²) < 4.78 is 5.64. The highest BCUT2D eigenvalue weighted by Gasteiger charge is 2.29. The normalized spacial score (nSPS) is 18.1. The molecule has 7 rings (SSSR count). The summed E-state index contributed by atoms with van der Waals surface area (Å²) in [5, 5.41) is 10.5. The molecule has 1 N–H and O–H groups in total. The van der Waals surface area contributed by atoms with Gasteiger partial charge in [0.15, 0.2) is 11.5 Å². The number of aromatic amines is 1. The topological polar surface area (TPSA) is 78.3 Å². The molecule has 0 bridgehead atoms. The third-order valence-electron chi connectivity index (χ3n) is 8.39. The summed E-state index contributed by atoms with van der Waals surface area (Å²) in [5.41, 5.74) is 7.13. The first kappa shape index (κ1) is 24.1. The number of rotatable bonds is 5. The molecule has 4 heterocycles. The van der Waals surface area contributed by atoms with Crippen molar-refractivity contribution in [2.24, 2.45) is 5.92 Å². The van der Waals surface area contributed by atoms with E-state index < -0.39 is 0 Å². The van der Waals surface area contributed by atoms with Crippen molar-refractivity contribution in [2.45, 2.75) is 45.7 Å². The summed E-state index contributed by atoms with van der Waals surface area (Å²) in [6, 6.07) is 21.2. The van der Waals surface area contributed by atoms with Crippen molar-refractivity contribution in [3.8, 4) is 11.3 Å². The zero-order valence-electron chi connectivity index (χ0n) is 22.3. The van der Waals surface area contributed by atoms with Gasteiger partial charge < -0.3 is 9.32 Å². The van der Waals surface area contributed by atoms with Crippen LogP contribution in [0.2, 0.25) is 0 Å². The van der Waals surface area contributed by atoms with Crippen molar-refractivity contribution in [1.82, 2.24) is 25.0 Å². The summed E-state index contributed by atoms with van der Waals surface area (Å²) in [4.78, 5) is 22.6. The fraction of sp³-hybridized carbons (Fsp3) is 0.344. The second kappa shape index (κ2) is 9.97. The Balaban J connectivity index is 1.03. The van der Waals surface area contributed by atoms with Gasteiger partial charge in [0.25, 0.3) is 0 Å². The van der Waals surface area contributed by atoms with E-state index in [0.29, 0.717) is 24.8 Å². The van der Waals surface area contributed by atoms with E-state index in [1.807, 2.05) is 30.0 Å². The van der Waals surface area contributed by atoms with E-state index in [1.165, 1.54) is 16.3 Å². The fourth-order valence-corrected chi connectivity index (χ4v) is 6.45. The van der Waals surface area contributed by atoms with Crippen LogP contribution in [0.1, 0.15) is 42.0 Å². The van der Waals surface area contributed by atoms with Crippen LogP contribution in [0.3, 0.4) is 0 Å². The van der Waals surface area contributed by atoms with Crippen molar-refractivity contribution in [3.63, 3.8) is 0 Å². The highest BCUT2D eigenvalue weighted by molar-refractivity contribution is 5.85. The second-order valence-corrected chi connectivity index (χ2v) is 11.1. The number of benzene rings is 3. The van der Waals surface area contributed by atoms with Crippen LogP contribution >= 0.6 is 0 Å². The molecule has 5 aromatic rings. The van der Waals surface area contributed by atoms with Crippen LogP contribution in [-0.2, 0) is 24.3 Å². The number of hydrogen-bond acceptors (Lipinski definition) is 5. The van der Waals surface area contributed by atoms with Gasteiger partial charge in [0, 0.05) is 62.8 Å². The molecule has 198 valence electrons. The molecule has 39 heavy (non-hydrogen) atoms. The number of aromatic nitrogens is 3. The minimum Gasteiger partial charge on any atom is -0.441 e. The van der Waals surface area contributed by atoms with Crippen LogP contribution in [0.4, 0.5) is 0 Å². The van der Waals surface area contributed by atoms with Gasteiger partial charge in [0.05, 0.1) is 5.69 Å². The zero-order valence-corrected chi connectivity index (χ0v) is 22.3. The first-order chi connectivity index (χ1) is 19.1. The standard InChI is InChI=1S/C32H33N5O2/c1-21-33-29-17-24(11-12-30(29)39-21)32-27-20-37(15-13-28(27)34-35-32)31(38)16-22-6-5-14-36(18-22)19-25-9-4-8-23-7-2-3-10-26(23)25/h2-4,7-12,17,22H,5-6,13-16,18-20H2,1H3,(H,34,35)/t22-/m0/s1. The number of carbonyl (C=O) groups is 1. The number of amides is 1. The van der Waals surface area contributed by atoms with Crippen molar-refractivity contribution in [2.75, 3.05) is 19.6 Å². The Bertz CT molecular complexity index is 1660. The molecule has 1 saturated heterocycles. The van der Waals surface area contributed by atoms with Gasteiger partial charge in [0.1, 0.15) is 5.52 Å². The molecule has 0 aliphatic carbocycles. The van der Waals surface area contributed by atoms with E-state index in [9.17, 15) is 4.79 Å². The molecule has 2 aromatic heterocycles. The Morgan fingerprint density at radius 3 is 2.95 bits per heavy atom. The Labute approximate surface area is 227 Å². The lowest BCUT2D eigenvalue weighted by Gasteiger charge is -2.34. The lowest BCUT2D eigenvalue weighted by molar-refractivity contribution is -0.133. The van der Waals surface area contributed by atoms with E-state index >= 15 is 0 Å². The molecule has 0 unspecified atom stereocenters. The van der Waals surface area contributed by atoms with Crippen molar-refractivity contribution in [1.29, 1.82) is 0 Å². The molecule has 1 atom stereocenters. The largest absolute Gasteiger partial charge is 0.441 e. The van der Waals surface area contributed by atoms with Crippen molar-refractivity contribution >= 4 is 27.8 Å². The van der Waals surface area contributed by atoms with Gasteiger partial charge in [-0.2, -0.15) is 5.10 Å². The van der Waals surface area contributed by atoms with Gasteiger partial charge in [0.2, 0.25) is 5.91 Å². The average molecular weight is 520 g/mol. The van der Waals surface area contributed by atoms with Gasteiger partial charge in [-0.3, -0.25) is 14.8 Å². The number of nitrogens with one attached hydrogen (secondary N) is 1. The average Bonchev–Trinajstić information content (AvgIpc) is 3.55. The minimum absolute atomic E-state index is 0.257. The van der Waals surface area contributed by atoms with Crippen LogP contribution in [0.5, 0.6) is 0 Å². The van der Waals surface area contributed by atoms with Crippen LogP contribution in [-0.4, -0.2) is 50.5 Å². The van der Waals surface area contributed by atoms with Gasteiger partial charge in [-0.05, 0) is 59.8 Å². The summed E-state index contributed by atoms with van der Waals surface area (Å²) in [7, 11) is 0. The Hall–Kier alpha value is -3.97. The maximum atomic E-state index is 13.5. The summed E-state index contributed by atoms with van der Waals surface area (Å²) in [6.45, 7) is 6.20. The van der Waals surface area contributed by atoms with E-state index in [1.54, 1.807) is 0 Å². The molecule has 0 spiro atoms. The SMILES string of the molecule is Cc1nc2cc(-c3n[nH]c4c3CN(C(=O)C[C@@H]3CCCN(Cc5cccc6ccccc56)C3)CC4)ccc2o1. The number of hydrogen-bond donors (Lipinski definition) is 1. The summed E-state index contributed by atoms with van der Waals surface area (Å²) >= 11 is 0. The highest BCUT2D eigenvalue weighted by atomic mass is 16.3. The number of oxazole rings is 1. The third kappa shape index (κ3) is 4.72.